The monoisotopic (exact) mass is 280 g/mol. The van der Waals surface area contributed by atoms with Crippen LogP contribution in [-0.2, 0) is 0 Å². The van der Waals surface area contributed by atoms with Crippen LogP contribution in [0.2, 0.25) is 0 Å². The van der Waals surface area contributed by atoms with Gasteiger partial charge in [-0.25, -0.2) is 0 Å². The van der Waals surface area contributed by atoms with Gasteiger partial charge in [0.2, 0.25) is 0 Å². The second-order valence-corrected chi connectivity index (χ2v) is 8.02. The number of rotatable bonds is 6. The SMILES string of the molecule is CCNC1CCCC1CCN(C)C1CCC(C)(C)CC1. The van der Waals surface area contributed by atoms with E-state index in [1.165, 1.54) is 57.9 Å². The quantitative estimate of drug-likeness (QED) is 0.789. The highest BCUT2D eigenvalue weighted by atomic mass is 15.1. The molecular weight excluding hydrogens is 244 g/mol. The van der Waals surface area contributed by atoms with Crippen molar-refractivity contribution in [1.82, 2.24) is 10.2 Å². The third-order valence-corrected chi connectivity index (χ3v) is 5.91. The van der Waals surface area contributed by atoms with Crippen molar-refractivity contribution in [1.29, 1.82) is 0 Å². The molecule has 2 aliphatic carbocycles. The van der Waals surface area contributed by atoms with E-state index >= 15 is 0 Å². The van der Waals surface area contributed by atoms with Gasteiger partial charge in [0.1, 0.15) is 0 Å². The van der Waals surface area contributed by atoms with Crippen LogP contribution in [0.1, 0.15) is 72.1 Å². The fourth-order valence-electron chi connectivity index (χ4n) is 4.29. The Balaban J connectivity index is 1.71. The van der Waals surface area contributed by atoms with Crippen molar-refractivity contribution in [3.63, 3.8) is 0 Å². The summed E-state index contributed by atoms with van der Waals surface area (Å²) in [5.41, 5.74) is 0.596. The summed E-state index contributed by atoms with van der Waals surface area (Å²) in [6, 6.07) is 1.65. The molecule has 20 heavy (non-hydrogen) atoms. The lowest BCUT2D eigenvalue weighted by Gasteiger charge is -2.39. The van der Waals surface area contributed by atoms with Crippen LogP contribution in [0.25, 0.3) is 0 Å². The summed E-state index contributed by atoms with van der Waals surface area (Å²) in [6.07, 6.45) is 11.3. The van der Waals surface area contributed by atoms with Crippen molar-refractivity contribution in [2.75, 3.05) is 20.1 Å². The third kappa shape index (κ3) is 4.46. The van der Waals surface area contributed by atoms with Gasteiger partial charge in [-0.1, -0.05) is 27.2 Å². The predicted octanol–water partition coefficient (Wildman–Crippen LogP) is 4.06. The van der Waals surface area contributed by atoms with Gasteiger partial charge < -0.3 is 10.2 Å². The molecule has 2 heteroatoms. The smallest absolute Gasteiger partial charge is 0.00956 e. The molecule has 0 spiro atoms. The van der Waals surface area contributed by atoms with E-state index < -0.39 is 0 Å². The summed E-state index contributed by atoms with van der Waals surface area (Å²) in [6.45, 7) is 9.54. The lowest BCUT2D eigenvalue weighted by molar-refractivity contribution is 0.121. The van der Waals surface area contributed by atoms with Crippen molar-refractivity contribution in [3.8, 4) is 0 Å². The number of nitrogens with one attached hydrogen (secondary N) is 1. The highest BCUT2D eigenvalue weighted by Gasteiger charge is 2.30. The van der Waals surface area contributed by atoms with E-state index in [0.29, 0.717) is 5.41 Å². The van der Waals surface area contributed by atoms with Crippen LogP contribution in [0.3, 0.4) is 0 Å². The zero-order valence-electron chi connectivity index (χ0n) is 14.3. The van der Waals surface area contributed by atoms with E-state index in [9.17, 15) is 0 Å². The first-order chi connectivity index (χ1) is 9.52. The second-order valence-electron chi connectivity index (χ2n) is 8.02. The molecule has 0 amide bonds. The molecule has 1 N–H and O–H groups in total. The molecule has 2 rings (SSSR count). The average Bonchev–Trinajstić information content (AvgIpc) is 2.84. The molecule has 0 heterocycles. The lowest BCUT2D eigenvalue weighted by atomic mass is 9.75. The number of nitrogens with zero attached hydrogens (tertiary/aromatic N) is 1. The van der Waals surface area contributed by atoms with Crippen LogP contribution in [0.15, 0.2) is 0 Å². The molecule has 2 aliphatic rings. The van der Waals surface area contributed by atoms with Gasteiger partial charge in [0, 0.05) is 12.1 Å². The van der Waals surface area contributed by atoms with Crippen LogP contribution in [0.4, 0.5) is 0 Å². The maximum absolute atomic E-state index is 3.69. The molecule has 0 bridgehead atoms. The molecular formula is C18H36N2. The highest BCUT2D eigenvalue weighted by molar-refractivity contribution is 4.86. The summed E-state index contributed by atoms with van der Waals surface area (Å²) in [5, 5.41) is 3.69. The van der Waals surface area contributed by atoms with Gasteiger partial charge in [0.15, 0.2) is 0 Å². The Morgan fingerprint density at radius 2 is 1.80 bits per heavy atom. The molecule has 0 saturated heterocycles. The van der Waals surface area contributed by atoms with Gasteiger partial charge in [-0.2, -0.15) is 0 Å². The number of hydrogen-bond donors (Lipinski definition) is 1. The highest BCUT2D eigenvalue weighted by Crippen LogP contribution is 2.37. The first kappa shape index (κ1) is 16.3. The van der Waals surface area contributed by atoms with E-state index in [1.807, 2.05) is 0 Å². The molecule has 2 fully saturated rings. The first-order valence-corrected chi connectivity index (χ1v) is 8.95. The van der Waals surface area contributed by atoms with E-state index in [1.54, 1.807) is 0 Å². The topological polar surface area (TPSA) is 15.3 Å². The molecule has 0 aromatic carbocycles. The molecule has 2 unspecified atom stereocenters. The van der Waals surface area contributed by atoms with Crippen molar-refractivity contribution < 1.29 is 0 Å². The minimum atomic E-state index is 0.596. The van der Waals surface area contributed by atoms with Gasteiger partial charge in [0.05, 0.1) is 0 Å². The number of hydrogen-bond acceptors (Lipinski definition) is 2. The third-order valence-electron chi connectivity index (χ3n) is 5.91. The van der Waals surface area contributed by atoms with E-state index in [-0.39, 0.29) is 0 Å². The molecule has 118 valence electrons. The van der Waals surface area contributed by atoms with Crippen LogP contribution in [0.5, 0.6) is 0 Å². The fraction of sp³-hybridized carbons (Fsp3) is 1.00. The Morgan fingerprint density at radius 3 is 2.45 bits per heavy atom. The van der Waals surface area contributed by atoms with Gasteiger partial charge in [-0.05, 0) is 76.4 Å². The Kier molecular flexibility index (Phi) is 5.92. The van der Waals surface area contributed by atoms with E-state index in [2.05, 4.69) is 38.0 Å². The standard InChI is InChI=1S/C18H36N2/c1-5-19-17-8-6-7-15(17)11-14-20(4)16-9-12-18(2,3)13-10-16/h15-17,19H,5-14H2,1-4H3. The van der Waals surface area contributed by atoms with Crippen LogP contribution < -0.4 is 5.32 Å². The molecule has 2 atom stereocenters. The van der Waals surface area contributed by atoms with E-state index in [4.69, 9.17) is 0 Å². The van der Waals surface area contributed by atoms with Crippen molar-refractivity contribution >= 4 is 0 Å². The average molecular weight is 281 g/mol. The Bertz CT molecular complexity index is 277. The Morgan fingerprint density at radius 1 is 1.10 bits per heavy atom. The van der Waals surface area contributed by atoms with E-state index in [0.717, 1.165) is 24.5 Å². The molecule has 0 radical (unpaired) electrons. The van der Waals surface area contributed by atoms with Crippen molar-refractivity contribution in [2.24, 2.45) is 11.3 Å². The summed E-state index contributed by atoms with van der Waals surface area (Å²) in [5.74, 6) is 0.928. The Labute approximate surface area is 126 Å². The zero-order chi connectivity index (χ0) is 14.6. The summed E-state index contributed by atoms with van der Waals surface area (Å²) < 4.78 is 0. The maximum atomic E-state index is 3.69. The van der Waals surface area contributed by atoms with Crippen LogP contribution >= 0.6 is 0 Å². The van der Waals surface area contributed by atoms with Crippen LogP contribution in [0, 0.1) is 11.3 Å². The summed E-state index contributed by atoms with van der Waals surface area (Å²) in [4.78, 5) is 2.66. The zero-order valence-corrected chi connectivity index (χ0v) is 14.3. The van der Waals surface area contributed by atoms with Gasteiger partial charge in [-0.15, -0.1) is 0 Å². The van der Waals surface area contributed by atoms with Gasteiger partial charge >= 0.3 is 0 Å². The molecule has 0 aromatic rings. The molecule has 0 aliphatic heterocycles. The lowest BCUT2D eigenvalue weighted by Crippen LogP contribution is -2.39. The van der Waals surface area contributed by atoms with Gasteiger partial charge in [0.25, 0.3) is 0 Å². The Hall–Kier alpha value is -0.0800. The summed E-state index contributed by atoms with van der Waals surface area (Å²) in [7, 11) is 2.36. The first-order valence-electron chi connectivity index (χ1n) is 8.95. The predicted molar refractivity (Wildman–Crippen MR) is 88.1 cm³/mol. The fourth-order valence-corrected chi connectivity index (χ4v) is 4.29. The minimum absolute atomic E-state index is 0.596. The second kappa shape index (κ2) is 7.26. The largest absolute Gasteiger partial charge is 0.314 e. The van der Waals surface area contributed by atoms with Crippen LogP contribution in [-0.4, -0.2) is 37.1 Å². The molecule has 2 nitrogen and oxygen atoms in total. The maximum Gasteiger partial charge on any atom is 0.00956 e. The minimum Gasteiger partial charge on any atom is -0.314 e. The molecule has 2 saturated carbocycles. The van der Waals surface area contributed by atoms with Crippen molar-refractivity contribution in [3.05, 3.63) is 0 Å². The summed E-state index contributed by atoms with van der Waals surface area (Å²) >= 11 is 0. The van der Waals surface area contributed by atoms with Crippen molar-refractivity contribution in [2.45, 2.75) is 84.2 Å². The normalized spacial score (nSPS) is 31.1. The molecule has 0 aromatic heterocycles. The van der Waals surface area contributed by atoms with Gasteiger partial charge in [-0.3, -0.25) is 0 Å².